The summed E-state index contributed by atoms with van der Waals surface area (Å²) in [7, 11) is 1.65. The Morgan fingerprint density at radius 2 is 1.90 bits per heavy atom. The number of amides is 1. The number of hydrogen-bond donors (Lipinski definition) is 0. The molecule has 1 amide bonds. The molecule has 0 atom stereocenters. The molecule has 0 saturated carbocycles. The molecule has 1 aromatic carbocycles. The van der Waals surface area contributed by atoms with E-state index in [1.54, 1.807) is 18.1 Å². The molecule has 2 aliphatic rings. The first-order valence-electron chi connectivity index (χ1n) is 10.7. The lowest BCUT2D eigenvalue weighted by molar-refractivity contribution is -0.129. The second kappa shape index (κ2) is 10.6. The molecule has 1 aromatic rings. The highest BCUT2D eigenvalue weighted by atomic mass is 16.5. The van der Waals surface area contributed by atoms with Gasteiger partial charge in [-0.15, -0.1) is 0 Å². The maximum Gasteiger partial charge on any atom is 0.246 e. The molecule has 6 heteroatoms. The number of piperidine rings is 1. The summed E-state index contributed by atoms with van der Waals surface area (Å²) in [5, 5.41) is 0. The van der Waals surface area contributed by atoms with Crippen molar-refractivity contribution >= 4 is 12.0 Å². The van der Waals surface area contributed by atoms with Crippen molar-refractivity contribution in [3.05, 3.63) is 29.8 Å². The Morgan fingerprint density at radius 1 is 1.17 bits per heavy atom. The summed E-state index contributed by atoms with van der Waals surface area (Å²) in [5.41, 5.74) is 0.919. The number of methoxy groups -OCH3 is 1. The van der Waals surface area contributed by atoms with E-state index < -0.39 is 0 Å². The third kappa shape index (κ3) is 6.47. The molecule has 0 spiro atoms. The van der Waals surface area contributed by atoms with Crippen LogP contribution in [0.4, 0.5) is 0 Å². The number of ether oxygens (including phenoxy) is 3. The number of nitrogens with zero attached hydrogens (tertiary/aromatic N) is 2. The van der Waals surface area contributed by atoms with Crippen molar-refractivity contribution in [2.75, 3.05) is 53.0 Å². The van der Waals surface area contributed by atoms with Crippen LogP contribution in [0.3, 0.4) is 0 Å². The van der Waals surface area contributed by atoms with Gasteiger partial charge >= 0.3 is 0 Å². The van der Waals surface area contributed by atoms with Gasteiger partial charge in [-0.05, 0) is 42.5 Å². The summed E-state index contributed by atoms with van der Waals surface area (Å²) < 4.78 is 17.1. The highest BCUT2D eigenvalue weighted by Gasteiger charge is 2.22. The molecule has 0 unspecified atom stereocenters. The summed E-state index contributed by atoms with van der Waals surface area (Å²) in [5.74, 6) is 2.19. The molecule has 29 heavy (non-hydrogen) atoms. The molecule has 2 aliphatic heterocycles. The minimum atomic E-state index is 0.0146. The van der Waals surface area contributed by atoms with Crippen LogP contribution in [0.1, 0.15) is 32.3 Å². The van der Waals surface area contributed by atoms with E-state index in [0.717, 1.165) is 43.8 Å². The first-order valence-corrected chi connectivity index (χ1v) is 10.7. The zero-order valence-corrected chi connectivity index (χ0v) is 17.9. The quantitative estimate of drug-likeness (QED) is 0.656. The molecule has 2 heterocycles. The Hall–Kier alpha value is -2.05. The SMILES string of the molecule is COc1cc(/C=C/C(=O)N2CCOCC2)ccc1OC1CCN(CC(C)C)CC1. The third-order valence-corrected chi connectivity index (χ3v) is 5.38. The van der Waals surface area contributed by atoms with Crippen molar-refractivity contribution in [2.45, 2.75) is 32.8 Å². The van der Waals surface area contributed by atoms with Crippen LogP contribution in [-0.4, -0.2) is 74.9 Å². The van der Waals surface area contributed by atoms with Crippen molar-refractivity contribution < 1.29 is 19.0 Å². The van der Waals surface area contributed by atoms with Gasteiger partial charge in [-0.3, -0.25) is 4.79 Å². The third-order valence-electron chi connectivity index (χ3n) is 5.38. The van der Waals surface area contributed by atoms with Gasteiger partial charge in [-0.1, -0.05) is 19.9 Å². The average Bonchev–Trinajstić information content (AvgIpc) is 2.74. The Morgan fingerprint density at radius 3 is 2.55 bits per heavy atom. The van der Waals surface area contributed by atoms with E-state index in [9.17, 15) is 4.79 Å². The topological polar surface area (TPSA) is 51.2 Å². The van der Waals surface area contributed by atoms with Crippen LogP contribution in [0, 0.1) is 5.92 Å². The molecule has 3 rings (SSSR count). The molecule has 0 radical (unpaired) electrons. The maximum absolute atomic E-state index is 12.3. The van der Waals surface area contributed by atoms with E-state index in [1.165, 1.54) is 0 Å². The van der Waals surface area contributed by atoms with Crippen LogP contribution in [0.15, 0.2) is 24.3 Å². The zero-order valence-electron chi connectivity index (χ0n) is 17.9. The second-order valence-corrected chi connectivity index (χ2v) is 8.19. The van der Waals surface area contributed by atoms with Crippen LogP contribution < -0.4 is 9.47 Å². The van der Waals surface area contributed by atoms with E-state index in [2.05, 4.69) is 18.7 Å². The van der Waals surface area contributed by atoms with Gasteiger partial charge < -0.3 is 24.0 Å². The van der Waals surface area contributed by atoms with Gasteiger partial charge in [0.05, 0.1) is 20.3 Å². The number of hydrogen-bond acceptors (Lipinski definition) is 5. The number of rotatable bonds is 7. The molecule has 160 valence electrons. The van der Waals surface area contributed by atoms with Crippen molar-refractivity contribution in [3.8, 4) is 11.5 Å². The van der Waals surface area contributed by atoms with E-state index in [0.29, 0.717) is 38.0 Å². The van der Waals surface area contributed by atoms with Crippen LogP contribution >= 0.6 is 0 Å². The molecular formula is C23H34N2O4. The minimum Gasteiger partial charge on any atom is -0.493 e. The lowest BCUT2D eigenvalue weighted by Crippen LogP contribution is -2.39. The normalized spacial score (nSPS) is 19.1. The van der Waals surface area contributed by atoms with Gasteiger partial charge in [0.1, 0.15) is 6.10 Å². The fraction of sp³-hybridized carbons (Fsp3) is 0.609. The van der Waals surface area contributed by atoms with E-state index in [4.69, 9.17) is 14.2 Å². The second-order valence-electron chi connectivity index (χ2n) is 8.19. The van der Waals surface area contributed by atoms with Gasteiger partial charge in [0.25, 0.3) is 0 Å². The molecule has 0 aliphatic carbocycles. The van der Waals surface area contributed by atoms with E-state index >= 15 is 0 Å². The summed E-state index contributed by atoms with van der Waals surface area (Å²) in [6, 6.07) is 5.83. The fourth-order valence-corrected chi connectivity index (χ4v) is 3.85. The molecule has 0 bridgehead atoms. The van der Waals surface area contributed by atoms with Crippen molar-refractivity contribution in [1.29, 1.82) is 0 Å². The molecule has 0 aromatic heterocycles. The number of benzene rings is 1. The largest absolute Gasteiger partial charge is 0.493 e. The Balaban J connectivity index is 1.56. The fourth-order valence-electron chi connectivity index (χ4n) is 3.85. The van der Waals surface area contributed by atoms with Crippen LogP contribution in [0.5, 0.6) is 11.5 Å². The zero-order chi connectivity index (χ0) is 20.6. The Bertz CT molecular complexity index is 690. The summed E-state index contributed by atoms with van der Waals surface area (Å²) in [4.78, 5) is 16.6. The number of carbonyl (C=O) groups excluding carboxylic acids is 1. The number of carbonyl (C=O) groups is 1. The van der Waals surface area contributed by atoms with Gasteiger partial charge in [0, 0.05) is 38.8 Å². The summed E-state index contributed by atoms with van der Waals surface area (Å²) >= 11 is 0. The maximum atomic E-state index is 12.3. The Kier molecular flexibility index (Phi) is 7.95. The molecular weight excluding hydrogens is 368 g/mol. The highest BCUT2D eigenvalue weighted by Crippen LogP contribution is 2.31. The van der Waals surface area contributed by atoms with Crippen LogP contribution in [-0.2, 0) is 9.53 Å². The number of likely N-dealkylation sites (tertiary alicyclic amines) is 1. The Labute approximate surface area is 174 Å². The molecule has 0 N–H and O–H groups in total. The van der Waals surface area contributed by atoms with E-state index in [-0.39, 0.29) is 12.0 Å². The summed E-state index contributed by atoms with van der Waals surface area (Å²) in [6.45, 7) is 10.3. The molecule has 6 nitrogen and oxygen atoms in total. The van der Waals surface area contributed by atoms with Crippen molar-refractivity contribution in [3.63, 3.8) is 0 Å². The lowest BCUT2D eigenvalue weighted by Gasteiger charge is -2.33. The summed E-state index contributed by atoms with van der Waals surface area (Å²) in [6.07, 6.45) is 5.73. The number of morpholine rings is 1. The minimum absolute atomic E-state index is 0.0146. The van der Waals surface area contributed by atoms with E-state index in [1.807, 2.05) is 24.3 Å². The van der Waals surface area contributed by atoms with Gasteiger partial charge in [0.15, 0.2) is 11.5 Å². The first kappa shape index (κ1) is 21.7. The lowest BCUT2D eigenvalue weighted by atomic mass is 10.1. The van der Waals surface area contributed by atoms with Crippen molar-refractivity contribution in [2.24, 2.45) is 5.92 Å². The molecule has 2 saturated heterocycles. The smallest absolute Gasteiger partial charge is 0.246 e. The average molecular weight is 403 g/mol. The van der Waals surface area contributed by atoms with Crippen LogP contribution in [0.25, 0.3) is 6.08 Å². The monoisotopic (exact) mass is 402 g/mol. The standard InChI is InChI=1S/C23H34N2O4/c1-18(2)17-24-10-8-20(9-11-24)29-21-6-4-19(16-22(21)27-3)5-7-23(26)25-12-14-28-15-13-25/h4-7,16,18,20H,8-15,17H2,1-3H3/b7-5+. The predicted octanol–water partition coefficient (Wildman–Crippen LogP) is 3.07. The van der Waals surface area contributed by atoms with Gasteiger partial charge in [-0.2, -0.15) is 0 Å². The van der Waals surface area contributed by atoms with Gasteiger partial charge in [-0.25, -0.2) is 0 Å². The highest BCUT2D eigenvalue weighted by molar-refractivity contribution is 5.91. The predicted molar refractivity (Wildman–Crippen MR) is 114 cm³/mol. The van der Waals surface area contributed by atoms with Crippen molar-refractivity contribution in [1.82, 2.24) is 9.80 Å². The van der Waals surface area contributed by atoms with Gasteiger partial charge in [0.2, 0.25) is 5.91 Å². The molecule has 2 fully saturated rings. The van der Waals surface area contributed by atoms with Crippen LogP contribution in [0.2, 0.25) is 0 Å². The first-order chi connectivity index (χ1) is 14.0.